The van der Waals surface area contributed by atoms with E-state index in [0.717, 1.165) is 5.56 Å². The minimum absolute atomic E-state index is 0.0944. The molecule has 0 unspecified atom stereocenters. The second-order valence-corrected chi connectivity index (χ2v) is 5.30. The fraction of sp³-hybridized carbons (Fsp3) is 0.158. The van der Waals surface area contributed by atoms with Crippen LogP contribution >= 0.6 is 0 Å². The van der Waals surface area contributed by atoms with Gasteiger partial charge in [0.1, 0.15) is 5.82 Å². The van der Waals surface area contributed by atoms with Gasteiger partial charge in [-0.15, -0.1) is 6.58 Å². The molecule has 0 saturated carbocycles. The summed E-state index contributed by atoms with van der Waals surface area (Å²) in [6.45, 7) is 4.78. The van der Waals surface area contributed by atoms with Crippen molar-refractivity contribution in [3.05, 3.63) is 78.1 Å². The van der Waals surface area contributed by atoms with E-state index in [9.17, 15) is 9.18 Å². The van der Waals surface area contributed by atoms with Gasteiger partial charge >= 0.3 is 0 Å². The zero-order valence-electron chi connectivity index (χ0n) is 13.2. The summed E-state index contributed by atoms with van der Waals surface area (Å²) in [5.41, 5.74) is 1.66. The molecule has 0 aromatic heterocycles. The number of hydrogen-bond acceptors (Lipinski definition) is 3. The van der Waals surface area contributed by atoms with Gasteiger partial charge in [-0.1, -0.05) is 30.3 Å². The molecule has 1 amide bonds. The number of nitrogens with zero attached hydrogens (tertiary/aromatic N) is 2. The second kappa shape index (κ2) is 8.61. The Hall–Kier alpha value is -2.97. The molecule has 0 saturated heterocycles. The predicted molar refractivity (Wildman–Crippen MR) is 91.7 cm³/mol. The molecule has 0 spiro atoms. The van der Waals surface area contributed by atoms with Crippen LogP contribution in [0.3, 0.4) is 0 Å². The average Bonchev–Trinajstić information content (AvgIpc) is 2.57. The minimum atomic E-state index is -0.470. The molecule has 0 heterocycles. The molecule has 1 N–H and O–H groups in total. The van der Waals surface area contributed by atoms with Crippen LogP contribution in [0.5, 0.6) is 0 Å². The van der Waals surface area contributed by atoms with Crippen molar-refractivity contribution in [2.75, 3.05) is 18.4 Å². The number of carbonyl (C=O) groups excluding carboxylic acids is 1. The molecule has 122 valence electrons. The lowest BCUT2D eigenvalue weighted by molar-refractivity contribution is -0.117. The molecular formula is C19H18FN3O. The summed E-state index contributed by atoms with van der Waals surface area (Å²) in [4.78, 5) is 14.0. The molecule has 0 atom stereocenters. The summed E-state index contributed by atoms with van der Waals surface area (Å²) in [5.74, 6) is -0.777. The highest BCUT2D eigenvalue weighted by Crippen LogP contribution is 2.13. The Kier molecular flexibility index (Phi) is 6.23. The van der Waals surface area contributed by atoms with Gasteiger partial charge in [0, 0.05) is 13.1 Å². The molecule has 24 heavy (non-hydrogen) atoms. The number of halogens is 1. The highest BCUT2D eigenvalue weighted by Gasteiger charge is 2.12. The van der Waals surface area contributed by atoms with Crippen LogP contribution in [0, 0.1) is 17.1 Å². The van der Waals surface area contributed by atoms with E-state index in [1.165, 1.54) is 12.1 Å². The molecule has 0 fully saturated rings. The summed E-state index contributed by atoms with van der Waals surface area (Å²) in [6, 6.07) is 15.3. The Morgan fingerprint density at radius 1 is 1.29 bits per heavy atom. The lowest BCUT2D eigenvalue weighted by Gasteiger charge is -2.20. The highest BCUT2D eigenvalue weighted by atomic mass is 19.1. The van der Waals surface area contributed by atoms with Crippen LogP contribution in [0.2, 0.25) is 0 Å². The lowest BCUT2D eigenvalue weighted by Crippen LogP contribution is -2.33. The van der Waals surface area contributed by atoms with Gasteiger partial charge in [-0.05, 0) is 29.8 Å². The Bertz CT molecular complexity index is 767. The molecule has 2 rings (SSSR count). The minimum Gasteiger partial charge on any atom is -0.322 e. The number of para-hydroxylation sites is 1. The maximum absolute atomic E-state index is 13.6. The van der Waals surface area contributed by atoms with Crippen LogP contribution in [0.4, 0.5) is 10.1 Å². The lowest BCUT2D eigenvalue weighted by atomic mass is 10.1. The van der Waals surface area contributed by atoms with Gasteiger partial charge in [-0.2, -0.15) is 5.26 Å². The van der Waals surface area contributed by atoms with Crippen molar-refractivity contribution >= 4 is 11.6 Å². The monoisotopic (exact) mass is 323 g/mol. The third kappa shape index (κ3) is 5.04. The number of amides is 1. The van der Waals surface area contributed by atoms with Crippen molar-refractivity contribution in [2.24, 2.45) is 0 Å². The topological polar surface area (TPSA) is 56.1 Å². The number of rotatable bonds is 7. The average molecular weight is 323 g/mol. The van der Waals surface area contributed by atoms with Crippen molar-refractivity contribution in [3.8, 4) is 6.07 Å². The molecule has 5 heteroatoms. The van der Waals surface area contributed by atoms with Gasteiger partial charge in [-0.25, -0.2) is 4.39 Å². The molecule has 0 aliphatic heterocycles. The van der Waals surface area contributed by atoms with Gasteiger partial charge < -0.3 is 5.32 Å². The summed E-state index contributed by atoms with van der Waals surface area (Å²) < 4.78 is 13.6. The van der Waals surface area contributed by atoms with Crippen LogP contribution in [0.1, 0.15) is 11.1 Å². The van der Waals surface area contributed by atoms with Gasteiger partial charge in [-0.3, -0.25) is 9.69 Å². The Labute approximate surface area is 140 Å². The first-order valence-electron chi connectivity index (χ1n) is 7.49. The molecule has 0 aliphatic rings. The van der Waals surface area contributed by atoms with Crippen molar-refractivity contribution in [2.45, 2.75) is 6.54 Å². The molecular weight excluding hydrogens is 305 g/mol. The molecule has 0 aliphatic carbocycles. The number of nitrogens with one attached hydrogen (secondary N) is 1. The SMILES string of the molecule is C=CCN(CC(=O)Nc1ccccc1F)Cc1cccc(C#N)c1. The maximum atomic E-state index is 13.6. The summed E-state index contributed by atoms with van der Waals surface area (Å²) >= 11 is 0. The van der Waals surface area contributed by atoms with Crippen LogP contribution in [-0.2, 0) is 11.3 Å². The van der Waals surface area contributed by atoms with Crippen LogP contribution < -0.4 is 5.32 Å². The normalized spacial score (nSPS) is 10.2. The smallest absolute Gasteiger partial charge is 0.238 e. The fourth-order valence-electron chi connectivity index (χ4n) is 2.32. The quantitative estimate of drug-likeness (QED) is 0.795. The molecule has 2 aromatic carbocycles. The van der Waals surface area contributed by atoms with Crippen molar-refractivity contribution in [1.82, 2.24) is 4.90 Å². The summed E-state index contributed by atoms with van der Waals surface area (Å²) in [7, 11) is 0. The third-order valence-electron chi connectivity index (χ3n) is 3.36. The maximum Gasteiger partial charge on any atom is 0.238 e. The van der Waals surface area contributed by atoms with E-state index in [0.29, 0.717) is 18.7 Å². The molecule has 4 nitrogen and oxygen atoms in total. The van der Waals surface area contributed by atoms with E-state index >= 15 is 0 Å². The van der Waals surface area contributed by atoms with Gasteiger partial charge in [0.15, 0.2) is 0 Å². The first-order valence-corrected chi connectivity index (χ1v) is 7.49. The first-order chi connectivity index (χ1) is 11.6. The first kappa shape index (κ1) is 17.4. The van der Waals surface area contributed by atoms with E-state index in [4.69, 9.17) is 5.26 Å². The number of anilines is 1. The Morgan fingerprint density at radius 2 is 2.08 bits per heavy atom. The molecule has 2 aromatic rings. The number of hydrogen-bond donors (Lipinski definition) is 1. The fourth-order valence-corrected chi connectivity index (χ4v) is 2.32. The van der Waals surface area contributed by atoms with Crippen molar-refractivity contribution < 1.29 is 9.18 Å². The number of benzene rings is 2. The summed E-state index contributed by atoms with van der Waals surface area (Å²) in [6.07, 6.45) is 1.70. The zero-order valence-corrected chi connectivity index (χ0v) is 13.2. The van der Waals surface area contributed by atoms with E-state index in [1.54, 1.807) is 36.4 Å². The molecule has 0 radical (unpaired) electrons. The van der Waals surface area contributed by atoms with E-state index < -0.39 is 5.82 Å². The van der Waals surface area contributed by atoms with Crippen LogP contribution in [-0.4, -0.2) is 23.9 Å². The number of carbonyl (C=O) groups is 1. The zero-order chi connectivity index (χ0) is 17.4. The largest absolute Gasteiger partial charge is 0.322 e. The second-order valence-electron chi connectivity index (χ2n) is 5.30. The van der Waals surface area contributed by atoms with Crippen LogP contribution in [0.25, 0.3) is 0 Å². The third-order valence-corrected chi connectivity index (χ3v) is 3.36. The van der Waals surface area contributed by atoms with E-state index in [-0.39, 0.29) is 18.1 Å². The highest BCUT2D eigenvalue weighted by molar-refractivity contribution is 5.92. The van der Waals surface area contributed by atoms with E-state index in [1.807, 2.05) is 11.0 Å². The van der Waals surface area contributed by atoms with Crippen molar-refractivity contribution in [3.63, 3.8) is 0 Å². The Morgan fingerprint density at radius 3 is 2.79 bits per heavy atom. The van der Waals surface area contributed by atoms with Crippen LogP contribution in [0.15, 0.2) is 61.2 Å². The predicted octanol–water partition coefficient (Wildman–Crippen LogP) is 3.32. The Balaban J connectivity index is 2.02. The summed E-state index contributed by atoms with van der Waals surface area (Å²) in [5, 5.41) is 11.5. The van der Waals surface area contributed by atoms with Gasteiger partial charge in [0.05, 0.1) is 23.9 Å². The standard InChI is InChI=1S/C19H18FN3O/c1-2-10-23(13-16-7-5-6-15(11-16)12-21)14-19(24)22-18-9-4-3-8-17(18)20/h2-9,11H,1,10,13-14H2,(H,22,24). The van der Waals surface area contributed by atoms with E-state index in [2.05, 4.69) is 18.0 Å². The number of nitriles is 1. The molecule has 0 bridgehead atoms. The van der Waals surface area contributed by atoms with Gasteiger partial charge in [0.25, 0.3) is 0 Å². The van der Waals surface area contributed by atoms with Crippen molar-refractivity contribution in [1.29, 1.82) is 5.26 Å². The van der Waals surface area contributed by atoms with Gasteiger partial charge in [0.2, 0.25) is 5.91 Å².